The Bertz CT molecular complexity index is 359. The van der Waals surface area contributed by atoms with Crippen molar-refractivity contribution in [1.29, 1.82) is 0 Å². The molecule has 1 saturated heterocycles. The van der Waals surface area contributed by atoms with Crippen molar-refractivity contribution < 1.29 is 4.39 Å². The van der Waals surface area contributed by atoms with Gasteiger partial charge in [-0.2, -0.15) is 0 Å². The maximum Gasteiger partial charge on any atom is 0.126 e. The van der Waals surface area contributed by atoms with Crippen LogP contribution in [0.2, 0.25) is 0 Å². The van der Waals surface area contributed by atoms with Crippen molar-refractivity contribution in [3.05, 3.63) is 35.6 Å². The minimum absolute atomic E-state index is 0.0701. The molecule has 1 aromatic carbocycles. The van der Waals surface area contributed by atoms with E-state index in [1.807, 2.05) is 12.1 Å². The van der Waals surface area contributed by atoms with E-state index in [0.717, 1.165) is 44.6 Å². The normalized spacial score (nSPS) is 18.1. The molecule has 3 heteroatoms. The van der Waals surface area contributed by atoms with E-state index in [1.165, 1.54) is 12.8 Å². The average Bonchev–Trinajstić information content (AvgIpc) is 2.42. The molecule has 0 amide bonds. The Labute approximate surface area is 109 Å². The lowest BCUT2D eigenvalue weighted by atomic mass is 9.97. The molecule has 0 atom stereocenters. The van der Waals surface area contributed by atoms with Crippen LogP contribution in [0.3, 0.4) is 0 Å². The van der Waals surface area contributed by atoms with Gasteiger partial charge in [0.2, 0.25) is 0 Å². The van der Waals surface area contributed by atoms with Crippen LogP contribution < -0.4 is 5.73 Å². The molecule has 0 unspecified atom stereocenters. The summed E-state index contributed by atoms with van der Waals surface area (Å²) < 4.78 is 13.4. The minimum atomic E-state index is -0.0701. The summed E-state index contributed by atoms with van der Waals surface area (Å²) in [4.78, 5) is 2.48. The van der Waals surface area contributed by atoms with Crippen LogP contribution in [0.25, 0.3) is 0 Å². The van der Waals surface area contributed by atoms with Crippen molar-refractivity contribution in [2.24, 2.45) is 11.7 Å². The third-order valence-electron chi connectivity index (χ3n) is 3.92. The van der Waals surface area contributed by atoms with Gasteiger partial charge in [0, 0.05) is 0 Å². The Morgan fingerprint density at radius 1 is 1.22 bits per heavy atom. The van der Waals surface area contributed by atoms with E-state index in [-0.39, 0.29) is 5.82 Å². The number of hydrogen-bond donors (Lipinski definition) is 1. The van der Waals surface area contributed by atoms with Gasteiger partial charge in [-0.05, 0) is 69.4 Å². The van der Waals surface area contributed by atoms with E-state index < -0.39 is 0 Å². The highest BCUT2D eigenvalue weighted by Gasteiger charge is 2.17. The highest BCUT2D eigenvalue weighted by atomic mass is 19.1. The molecule has 18 heavy (non-hydrogen) atoms. The predicted molar refractivity (Wildman–Crippen MR) is 72.9 cm³/mol. The largest absolute Gasteiger partial charge is 0.330 e. The molecule has 0 aromatic heterocycles. The third kappa shape index (κ3) is 3.79. The molecule has 2 rings (SSSR count). The number of hydrogen-bond acceptors (Lipinski definition) is 2. The third-order valence-corrected chi connectivity index (χ3v) is 3.92. The molecule has 2 N–H and O–H groups in total. The van der Waals surface area contributed by atoms with E-state index in [1.54, 1.807) is 12.1 Å². The second kappa shape index (κ2) is 6.86. The first-order valence-electron chi connectivity index (χ1n) is 6.95. The standard InChI is InChI=1S/C15H23FN2/c16-15-6-2-1-4-14(15)5-3-9-18-10-7-13(12-17)8-11-18/h1-2,4,6,13H,3,5,7-12,17H2. The van der Waals surface area contributed by atoms with Crippen LogP contribution in [-0.2, 0) is 6.42 Å². The van der Waals surface area contributed by atoms with Crippen LogP contribution in [0, 0.1) is 11.7 Å². The molecule has 1 heterocycles. The topological polar surface area (TPSA) is 29.3 Å². The van der Waals surface area contributed by atoms with Gasteiger partial charge in [0.15, 0.2) is 0 Å². The fourth-order valence-corrected chi connectivity index (χ4v) is 2.64. The van der Waals surface area contributed by atoms with Gasteiger partial charge in [0.1, 0.15) is 5.82 Å². The molecule has 0 radical (unpaired) electrons. The lowest BCUT2D eigenvalue weighted by molar-refractivity contribution is 0.186. The zero-order chi connectivity index (χ0) is 12.8. The quantitative estimate of drug-likeness (QED) is 0.869. The fraction of sp³-hybridized carbons (Fsp3) is 0.600. The van der Waals surface area contributed by atoms with E-state index in [2.05, 4.69) is 4.90 Å². The zero-order valence-corrected chi connectivity index (χ0v) is 10.9. The molecule has 0 spiro atoms. The van der Waals surface area contributed by atoms with Crippen molar-refractivity contribution in [2.75, 3.05) is 26.2 Å². The zero-order valence-electron chi connectivity index (χ0n) is 10.9. The van der Waals surface area contributed by atoms with Gasteiger partial charge in [-0.1, -0.05) is 18.2 Å². The van der Waals surface area contributed by atoms with E-state index in [4.69, 9.17) is 5.73 Å². The Morgan fingerprint density at radius 3 is 2.61 bits per heavy atom. The SMILES string of the molecule is NCC1CCN(CCCc2ccccc2F)CC1. The predicted octanol–water partition coefficient (Wildman–Crippen LogP) is 2.43. The summed E-state index contributed by atoms with van der Waals surface area (Å²) in [5.74, 6) is 0.646. The molecule has 100 valence electrons. The number of rotatable bonds is 5. The van der Waals surface area contributed by atoms with E-state index in [9.17, 15) is 4.39 Å². The number of nitrogens with zero attached hydrogens (tertiary/aromatic N) is 1. The van der Waals surface area contributed by atoms with Gasteiger partial charge in [0.25, 0.3) is 0 Å². The molecule has 1 fully saturated rings. The van der Waals surface area contributed by atoms with Crippen LogP contribution in [0.5, 0.6) is 0 Å². The van der Waals surface area contributed by atoms with Gasteiger partial charge in [-0.25, -0.2) is 4.39 Å². The van der Waals surface area contributed by atoms with Crippen molar-refractivity contribution >= 4 is 0 Å². The van der Waals surface area contributed by atoms with Gasteiger partial charge >= 0.3 is 0 Å². The summed E-state index contributed by atoms with van der Waals surface area (Å²) in [5, 5.41) is 0. The maximum absolute atomic E-state index is 13.4. The molecule has 0 aliphatic carbocycles. The highest BCUT2D eigenvalue weighted by Crippen LogP contribution is 2.16. The molecule has 0 bridgehead atoms. The van der Waals surface area contributed by atoms with Crippen LogP contribution in [-0.4, -0.2) is 31.1 Å². The molecule has 1 aliphatic heterocycles. The van der Waals surface area contributed by atoms with Gasteiger partial charge in [-0.3, -0.25) is 0 Å². The second-order valence-electron chi connectivity index (χ2n) is 5.22. The van der Waals surface area contributed by atoms with Crippen LogP contribution in [0.1, 0.15) is 24.8 Å². The summed E-state index contributed by atoms with van der Waals surface area (Å²) >= 11 is 0. The Balaban J connectivity index is 1.69. The number of benzene rings is 1. The van der Waals surface area contributed by atoms with Crippen LogP contribution in [0.15, 0.2) is 24.3 Å². The number of halogens is 1. The van der Waals surface area contributed by atoms with Crippen molar-refractivity contribution in [3.63, 3.8) is 0 Å². The van der Waals surface area contributed by atoms with Crippen LogP contribution >= 0.6 is 0 Å². The number of nitrogens with two attached hydrogens (primary N) is 1. The van der Waals surface area contributed by atoms with Crippen molar-refractivity contribution in [1.82, 2.24) is 4.90 Å². The van der Waals surface area contributed by atoms with Gasteiger partial charge in [-0.15, -0.1) is 0 Å². The monoisotopic (exact) mass is 250 g/mol. The lowest BCUT2D eigenvalue weighted by Gasteiger charge is -2.31. The summed E-state index contributed by atoms with van der Waals surface area (Å²) in [7, 11) is 0. The molecule has 1 aliphatic rings. The Kier molecular flexibility index (Phi) is 5.14. The Hall–Kier alpha value is -0.930. The van der Waals surface area contributed by atoms with E-state index >= 15 is 0 Å². The average molecular weight is 250 g/mol. The van der Waals surface area contributed by atoms with Crippen molar-refractivity contribution in [3.8, 4) is 0 Å². The first-order chi connectivity index (χ1) is 8.79. The highest BCUT2D eigenvalue weighted by molar-refractivity contribution is 5.17. The lowest BCUT2D eigenvalue weighted by Crippen LogP contribution is -2.36. The first kappa shape index (κ1) is 13.5. The van der Waals surface area contributed by atoms with Crippen molar-refractivity contribution in [2.45, 2.75) is 25.7 Å². The maximum atomic E-state index is 13.4. The number of piperidine rings is 1. The second-order valence-corrected chi connectivity index (χ2v) is 5.22. The Morgan fingerprint density at radius 2 is 1.94 bits per heavy atom. The fourth-order valence-electron chi connectivity index (χ4n) is 2.64. The summed E-state index contributed by atoms with van der Waals surface area (Å²) in [5.41, 5.74) is 6.52. The van der Waals surface area contributed by atoms with Crippen LogP contribution in [0.4, 0.5) is 4.39 Å². The van der Waals surface area contributed by atoms with Gasteiger partial charge in [0.05, 0.1) is 0 Å². The summed E-state index contributed by atoms with van der Waals surface area (Å²) in [6.45, 7) is 4.20. The molecular weight excluding hydrogens is 227 g/mol. The van der Waals surface area contributed by atoms with E-state index in [0.29, 0.717) is 5.92 Å². The molecule has 1 aromatic rings. The number of aryl methyl sites for hydroxylation is 1. The molecule has 0 saturated carbocycles. The minimum Gasteiger partial charge on any atom is -0.330 e. The first-order valence-corrected chi connectivity index (χ1v) is 6.95. The molecular formula is C15H23FN2. The number of likely N-dealkylation sites (tertiary alicyclic amines) is 1. The summed E-state index contributed by atoms with van der Waals surface area (Å²) in [6, 6.07) is 7.08. The smallest absolute Gasteiger partial charge is 0.126 e. The summed E-state index contributed by atoms with van der Waals surface area (Å²) in [6.07, 6.45) is 4.31. The molecule has 2 nitrogen and oxygen atoms in total. The van der Waals surface area contributed by atoms with Gasteiger partial charge < -0.3 is 10.6 Å².